The van der Waals surface area contributed by atoms with Crippen LogP contribution < -0.4 is 5.32 Å². The van der Waals surface area contributed by atoms with E-state index in [-0.39, 0.29) is 18.5 Å². The Hall–Kier alpha value is -2.64. The van der Waals surface area contributed by atoms with E-state index in [1.165, 1.54) is 5.56 Å². The molecule has 2 aromatic carbocycles. The Kier molecular flexibility index (Phi) is 5.29. The highest BCUT2D eigenvalue weighted by Gasteiger charge is 2.14. The number of carbonyl (C=O) groups is 1. The highest BCUT2D eigenvalue weighted by atomic mass is 16.2. The smallest absolute Gasteiger partial charge is 0.238 e. The van der Waals surface area contributed by atoms with Gasteiger partial charge in [0.1, 0.15) is 0 Å². The van der Waals surface area contributed by atoms with Crippen LogP contribution in [0.2, 0.25) is 0 Å². The van der Waals surface area contributed by atoms with Gasteiger partial charge in [0.15, 0.2) is 0 Å². The Morgan fingerprint density at radius 2 is 1.95 bits per heavy atom. The number of carbonyl (C=O) groups excluding carboxylic acids is 1. The zero-order chi connectivity index (χ0) is 15.9. The third kappa shape index (κ3) is 4.18. The minimum atomic E-state index is -0.0969. The van der Waals surface area contributed by atoms with Gasteiger partial charge in [-0.3, -0.25) is 9.69 Å². The molecule has 0 aliphatic carbocycles. The second kappa shape index (κ2) is 7.39. The van der Waals surface area contributed by atoms with E-state index in [9.17, 15) is 4.79 Å². The molecule has 0 heterocycles. The molecule has 0 saturated heterocycles. The van der Waals surface area contributed by atoms with E-state index in [1.54, 1.807) is 24.3 Å². The summed E-state index contributed by atoms with van der Waals surface area (Å²) in [6.45, 7) is 2.35. The fraction of sp³-hybridized carbons (Fsp3) is 0.222. The van der Waals surface area contributed by atoms with Gasteiger partial charge in [0.2, 0.25) is 5.91 Å². The van der Waals surface area contributed by atoms with Crippen molar-refractivity contribution in [3.05, 3.63) is 65.7 Å². The van der Waals surface area contributed by atoms with Crippen molar-refractivity contribution >= 4 is 11.6 Å². The fourth-order valence-electron chi connectivity index (χ4n) is 2.22. The molecule has 0 bridgehead atoms. The van der Waals surface area contributed by atoms with Gasteiger partial charge in [0.25, 0.3) is 0 Å². The normalized spacial score (nSPS) is 11.7. The molecule has 1 atom stereocenters. The number of hydrogen-bond acceptors (Lipinski definition) is 3. The molecule has 1 amide bonds. The van der Waals surface area contributed by atoms with Crippen LogP contribution in [0.4, 0.5) is 5.69 Å². The molecule has 22 heavy (non-hydrogen) atoms. The maximum absolute atomic E-state index is 12.1. The maximum atomic E-state index is 12.1. The molecule has 112 valence electrons. The van der Waals surface area contributed by atoms with E-state index in [2.05, 4.69) is 30.4 Å². The Labute approximate surface area is 131 Å². The van der Waals surface area contributed by atoms with Crippen LogP contribution in [0, 0.1) is 11.3 Å². The zero-order valence-corrected chi connectivity index (χ0v) is 12.8. The monoisotopic (exact) mass is 293 g/mol. The lowest BCUT2D eigenvalue weighted by molar-refractivity contribution is -0.117. The van der Waals surface area contributed by atoms with Crippen molar-refractivity contribution in [3.8, 4) is 6.07 Å². The van der Waals surface area contributed by atoms with Crippen molar-refractivity contribution in [1.82, 2.24) is 4.90 Å². The Balaban J connectivity index is 1.95. The molecule has 0 radical (unpaired) electrons. The summed E-state index contributed by atoms with van der Waals surface area (Å²) < 4.78 is 0. The van der Waals surface area contributed by atoms with Crippen molar-refractivity contribution in [3.63, 3.8) is 0 Å². The van der Waals surface area contributed by atoms with Crippen LogP contribution in [0.5, 0.6) is 0 Å². The largest absolute Gasteiger partial charge is 0.325 e. The second-order valence-electron chi connectivity index (χ2n) is 5.24. The molecule has 0 aliphatic heterocycles. The molecule has 1 unspecified atom stereocenters. The molecule has 0 aliphatic rings. The van der Waals surface area contributed by atoms with E-state index in [0.717, 1.165) is 0 Å². The van der Waals surface area contributed by atoms with Crippen molar-refractivity contribution in [2.24, 2.45) is 0 Å². The Morgan fingerprint density at radius 1 is 1.23 bits per heavy atom. The summed E-state index contributed by atoms with van der Waals surface area (Å²) in [6, 6.07) is 19.2. The molecule has 1 N–H and O–H groups in total. The molecule has 0 aromatic heterocycles. The van der Waals surface area contributed by atoms with E-state index < -0.39 is 0 Å². The lowest BCUT2D eigenvalue weighted by Gasteiger charge is -2.24. The summed E-state index contributed by atoms with van der Waals surface area (Å²) in [5.74, 6) is -0.0969. The lowest BCUT2D eigenvalue weighted by Crippen LogP contribution is -2.32. The standard InChI is InChI=1S/C18H19N3O/c1-14(16-8-4-3-5-9-16)21(2)13-18(22)20-17-10-6-7-15(11-17)12-19/h3-11,14H,13H2,1-2H3,(H,20,22). The van der Waals surface area contributed by atoms with Crippen LogP contribution in [0.1, 0.15) is 24.1 Å². The molecule has 2 rings (SSSR count). The first-order valence-corrected chi connectivity index (χ1v) is 7.15. The highest BCUT2D eigenvalue weighted by Crippen LogP contribution is 2.18. The number of hydrogen-bond donors (Lipinski definition) is 1. The van der Waals surface area contributed by atoms with Gasteiger partial charge in [-0.05, 0) is 37.7 Å². The molecule has 0 saturated carbocycles. The first-order valence-electron chi connectivity index (χ1n) is 7.15. The van der Waals surface area contributed by atoms with Crippen LogP contribution in [0.15, 0.2) is 54.6 Å². The molecular formula is C18H19N3O. The van der Waals surface area contributed by atoms with Crippen molar-refractivity contribution in [1.29, 1.82) is 5.26 Å². The number of amides is 1. The quantitative estimate of drug-likeness (QED) is 0.921. The van der Waals surface area contributed by atoms with E-state index in [1.807, 2.05) is 30.1 Å². The summed E-state index contributed by atoms with van der Waals surface area (Å²) in [7, 11) is 1.92. The highest BCUT2D eigenvalue weighted by molar-refractivity contribution is 5.92. The number of benzene rings is 2. The average molecular weight is 293 g/mol. The van der Waals surface area contributed by atoms with Crippen LogP contribution >= 0.6 is 0 Å². The lowest BCUT2D eigenvalue weighted by atomic mass is 10.1. The summed E-state index contributed by atoms with van der Waals surface area (Å²) in [6.07, 6.45) is 0. The van der Waals surface area contributed by atoms with Gasteiger partial charge in [0.05, 0.1) is 18.2 Å². The molecule has 4 nitrogen and oxygen atoms in total. The van der Waals surface area contributed by atoms with Gasteiger partial charge in [-0.2, -0.15) is 5.26 Å². The van der Waals surface area contributed by atoms with Gasteiger partial charge in [-0.15, -0.1) is 0 Å². The first-order chi connectivity index (χ1) is 10.6. The fourth-order valence-corrected chi connectivity index (χ4v) is 2.22. The number of nitrogens with one attached hydrogen (secondary N) is 1. The summed E-state index contributed by atoms with van der Waals surface area (Å²) in [4.78, 5) is 14.1. The number of nitriles is 1. The van der Waals surface area contributed by atoms with Gasteiger partial charge in [-0.1, -0.05) is 36.4 Å². The topological polar surface area (TPSA) is 56.1 Å². The molecular weight excluding hydrogens is 274 g/mol. The van der Waals surface area contributed by atoms with Gasteiger partial charge in [0, 0.05) is 11.7 Å². The predicted molar refractivity (Wildman–Crippen MR) is 87.3 cm³/mol. The average Bonchev–Trinajstić information content (AvgIpc) is 2.55. The third-order valence-electron chi connectivity index (χ3n) is 3.61. The van der Waals surface area contributed by atoms with Crippen LogP contribution in [0.3, 0.4) is 0 Å². The minimum Gasteiger partial charge on any atom is -0.325 e. The number of nitrogens with zero attached hydrogens (tertiary/aromatic N) is 2. The van der Waals surface area contributed by atoms with Crippen LogP contribution in [0.25, 0.3) is 0 Å². The third-order valence-corrected chi connectivity index (χ3v) is 3.61. The number of anilines is 1. The Bertz CT molecular complexity index is 676. The molecule has 0 fully saturated rings. The van der Waals surface area contributed by atoms with Crippen molar-refractivity contribution in [2.75, 3.05) is 18.9 Å². The SMILES string of the molecule is CC(c1ccccc1)N(C)CC(=O)Nc1cccc(C#N)c1. The molecule has 0 spiro atoms. The minimum absolute atomic E-state index is 0.0969. The number of likely N-dealkylation sites (N-methyl/N-ethyl adjacent to an activating group) is 1. The summed E-state index contributed by atoms with van der Waals surface area (Å²) in [5.41, 5.74) is 2.35. The predicted octanol–water partition coefficient (Wildman–Crippen LogP) is 3.19. The molecule has 2 aromatic rings. The van der Waals surface area contributed by atoms with E-state index in [0.29, 0.717) is 11.3 Å². The summed E-state index contributed by atoms with van der Waals surface area (Å²) >= 11 is 0. The number of rotatable bonds is 5. The van der Waals surface area contributed by atoms with Crippen molar-refractivity contribution in [2.45, 2.75) is 13.0 Å². The maximum Gasteiger partial charge on any atom is 0.238 e. The van der Waals surface area contributed by atoms with Crippen LogP contribution in [-0.2, 0) is 4.79 Å². The van der Waals surface area contributed by atoms with E-state index >= 15 is 0 Å². The second-order valence-corrected chi connectivity index (χ2v) is 5.24. The van der Waals surface area contributed by atoms with Gasteiger partial charge >= 0.3 is 0 Å². The zero-order valence-electron chi connectivity index (χ0n) is 12.8. The van der Waals surface area contributed by atoms with Crippen LogP contribution in [-0.4, -0.2) is 24.4 Å². The Morgan fingerprint density at radius 3 is 2.64 bits per heavy atom. The van der Waals surface area contributed by atoms with Gasteiger partial charge < -0.3 is 5.32 Å². The van der Waals surface area contributed by atoms with E-state index in [4.69, 9.17) is 5.26 Å². The van der Waals surface area contributed by atoms with Gasteiger partial charge in [-0.25, -0.2) is 0 Å². The molecule has 4 heteroatoms. The first kappa shape index (κ1) is 15.7. The van der Waals surface area contributed by atoms with Crippen molar-refractivity contribution < 1.29 is 4.79 Å². The summed E-state index contributed by atoms with van der Waals surface area (Å²) in [5, 5.41) is 11.7.